The third-order valence-electron chi connectivity index (χ3n) is 2.70. The maximum Gasteiger partial charge on any atom is 0.304 e. The smallest absolute Gasteiger partial charge is 0.304 e. The maximum atomic E-state index is 11.8. The molecule has 18 heavy (non-hydrogen) atoms. The molecule has 0 spiro atoms. The summed E-state index contributed by atoms with van der Waals surface area (Å²) in [5.74, 6) is -1.48. The lowest BCUT2D eigenvalue weighted by Crippen LogP contribution is -2.29. The lowest BCUT2D eigenvalue weighted by molar-refractivity contribution is -0.136. The second-order valence-electron chi connectivity index (χ2n) is 4.14. The van der Waals surface area contributed by atoms with Crippen molar-refractivity contribution in [3.63, 3.8) is 0 Å². The first-order valence-electron chi connectivity index (χ1n) is 5.53. The summed E-state index contributed by atoms with van der Waals surface area (Å²) in [4.78, 5) is 10.4. The number of benzene rings is 1. The Morgan fingerprint density at radius 2 is 1.94 bits per heavy atom. The van der Waals surface area contributed by atoms with Crippen LogP contribution in [-0.4, -0.2) is 36.6 Å². The van der Waals surface area contributed by atoms with Crippen LogP contribution in [0.3, 0.4) is 0 Å². The van der Waals surface area contributed by atoms with E-state index >= 15 is 0 Å². The molecule has 0 aliphatic heterocycles. The zero-order valence-electron chi connectivity index (χ0n) is 10.5. The Hall–Kier alpha value is -1.40. The molecule has 0 aliphatic carbocycles. The summed E-state index contributed by atoms with van der Waals surface area (Å²) < 4.78 is 24.8. The summed E-state index contributed by atoms with van der Waals surface area (Å²) in [6.45, 7) is 2.17. The van der Waals surface area contributed by atoms with Crippen molar-refractivity contribution in [2.75, 3.05) is 12.8 Å². The first kappa shape index (κ1) is 14.7. The first-order valence-corrected chi connectivity index (χ1v) is 7.14. The fraction of sp³-hybridized carbons (Fsp3) is 0.417. The highest BCUT2D eigenvalue weighted by atomic mass is 32.2. The molecule has 1 aromatic carbocycles. The van der Waals surface area contributed by atoms with Crippen molar-refractivity contribution in [2.24, 2.45) is 0 Å². The molecular formula is C12H17NO4S. The van der Waals surface area contributed by atoms with E-state index in [-0.39, 0.29) is 18.7 Å². The lowest BCUT2D eigenvalue weighted by Gasteiger charge is -2.17. The highest BCUT2D eigenvalue weighted by Crippen LogP contribution is 2.12. The van der Waals surface area contributed by atoms with Gasteiger partial charge in [0.05, 0.1) is 12.2 Å². The van der Waals surface area contributed by atoms with Gasteiger partial charge in [-0.15, -0.1) is 0 Å². The van der Waals surface area contributed by atoms with E-state index < -0.39 is 16.0 Å². The molecule has 0 saturated carbocycles. The van der Waals surface area contributed by atoms with Gasteiger partial charge >= 0.3 is 5.97 Å². The molecule has 0 aromatic heterocycles. The van der Waals surface area contributed by atoms with Gasteiger partial charge in [-0.25, -0.2) is 12.7 Å². The standard InChI is InChI=1S/C12H17NO4S/c1-10-5-3-4-6-11(10)9-13(2)18(16,17)8-7-12(14)15/h3-6H,7-9H2,1-2H3,(H,14,15). The summed E-state index contributed by atoms with van der Waals surface area (Å²) in [6.07, 6.45) is -0.375. The van der Waals surface area contributed by atoms with E-state index in [1.165, 1.54) is 11.4 Å². The number of carbonyl (C=O) groups is 1. The van der Waals surface area contributed by atoms with Crippen molar-refractivity contribution >= 4 is 16.0 Å². The lowest BCUT2D eigenvalue weighted by atomic mass is 10.1. The van der Waals surface area contributed by atoms with E-state index in [9.17, 15) is 13.2 Å². The molecule has 0 heterocycles. The Kier molecular flexibility index (Phi) is 4.86. The van der Waals surface area contributed by atoms with E-state index in [1.54, 1.807) is 0 Å². The molecule has 0 saturated heterocycles. The monoisotopic (exact) mass is 271 g/mol. The number of carboxylic acids is 1. The summed E-state index contributed by atoms with van der Waals surface area (Å²) in [6, 6.07) is 7.50. The van der Waals surface area contributed by atoms with Crippen LogP contribution in [-0.2, 0) is 21.4 Å². The number of hydrogen-bond acceptors (Lipinski definition) is 3. The van der Waals surface area contributed by atoms with Crippen LogP contribution in [0.25, 0.3) is 0 Å². The van der Waals surface area contributed by atoms with Crippen LogP contribution in [0.4, 0.5) is 0 Å². The molecule has 6 heteroatoms. The van der Waals surface area contributed by atoms with Crippen molar-refractivity contribution in [2.45, 2.75) is 19.9 Å². The third-order valence-corrected chi connectivity index (χ3v) is 4.50. The van der Waals surface area contributed by atoms with Gasteiger partial charge in [0.15, 0.2) is 0 Å². The van der Waals surface area contributed by atoms with E-state index in [1.807, 2.05) is 31.2 Å². The predicted molar refractivity (Wildman–Crippen MR) is 68.7 cm³/mol. The Labute approximate surface area is 107 Å². The highest BCUT2D eigenvalue weighted by Gasteiger charge is 2.19. The zero-order chi connectivity index (χ0) is 13.8. The van der Waals surface area contributed by atoms with Gasteiger partial charge in [0.25, 0.3) is 0 Å². The Bertz CT molecular complexity index is 525. The van der Waals surface area contributed by atoms with Crippen molar-refractivity contribution in [1.82, 2.24) is 4.31 Å². The van der Waals surface area contributed by atoms with E-state index in [2.05, 4.69) is 0 Å². The topological polar surface area (TPSA) is 74.7 Å². The van der Waals surface area contributed by atoms with Crippen LogP contribution in [0.5, 0.6) is 0 Å². The molecule has 100 valence electrons. The molecule has 0 amide bonds. The van der Waals surface area contributed by atoms with Crippen LogP contribution < -0.4 is 0 Å². The van der Waals surface area contributed by atoms with Gasteiger partial charge in [0.1, 0.15) is 0 Å². The zero-order valence-corrected chi connectivity index (χ0v) is 11.3. The average Bonchev–Trinajstić information content (AvgIpc) is 2.29. The molecule has 0 unspecified atom stereocenters. The van der Waals surface area contributed by atoms with Crippen LogP contribution in [0, 0.1) is 6.92 Å². The average molecular weight is 271 g/mol. The summed E-state index contributed by atoms with van der Waals surface area (Å²) in [5.41, 5.74) is 1.93. The van der Waals surface area contributed by atoms with Gasteiger partial charge in [-0.1, -0.05) is 24.3 Å². The largest absolute Gasteiger partial charge is 0.481 e. The summed E-state index contributed by atoms with van der Waals surface area (Å²) in [5, 5.41) is 8.51. The molecule has 1 rings (SSSR count). The molecule has 1 aromatic rings. The molecule has 5 nitrogen and oxygen atoms in total. The van der Waals surface area contributed by atoms with Crippen LogP contribution in [0.1, 0.15) is 17.5 Å². The highest BCUT2D eigenvalue weighted by molar-refractivity contribution is 7.89. The second-order valence-corrected chi connectivity index (χ2v) is 6.34. The van der Waals surface area contributed by atoms with E-state index in [0.29, 0.717) is 0 Å². The SMILES string of the molecule is Cc1ccccc1CN(C)S(=O)(=O)CCC(=O)O. The molecule has 0 bridgehead atoms. The predicted octanol–water partition coefficient (Wildman–Crippen LogP) is 1.23. The fourth-order valence-corrected chi connectivity index (χ4v) is 2.58. The van der Waals surface area contributed by atoms with Crippen molar-refractivity contribution in [3.05, 3.63) is 35.4 Å². The number of nitrogens with zero attached hydrogens (tertiary/aromatic N) is 1. The Balaban J connectivity index is 2.73. The van der Waals surface area contributed by atoms with Gasteiger partial charge in [-0.05, 0) is 18.1 Å². The maximum absolute atomic E-state index is 11.8. The summed E-state index contributed by atoms with van der Waals surface area (Å²) >= 11 is 0. The molecule has 0 aliphatic rings. The number of sulfonamides is 1. The number of rotatable bonds is 6. The molecule has 1 N–H and O–H groups in total. The third kappa shape index (κ3) is 4.12. The molecule has 0 atom stereocenters. The Morgan fingerprint density at radius 1 is 1.33 bits per heavy atom. The van der Waals surface area contributed by atoms with Gasteiger partial charge < -0.3 is 5.11 Å². The van der Waals surface area contributed by atoms with E-state index in [4.69, 9.17) is 5.11 Å². The van der Waals surface area contributed by atoms with E-state index in [0.717, 1.165) is 11.1 Å². The number of aliphatic carboxylic acids is 1. The van der Waals surface area contributed by atoms with Crippen LogP contribution in [0.15, 0.2) is 24.3 Å². The molecule has 0 fully saturated rings. The number of carboxylic acid groups (broad SMARTS) is 1. The second kappa shape index (κ2) is 5.97. The van der Waals surface area contributed by atoms with Crippen molar-refractivity contribution < 1.29 is 18.3 Å². The fourth-order valence-electron chi connectivity index (χ4n) is 1.50. The van der Waals surface area contributed by atoms with Crippen molar-refractivity contribution in [1.29, 1.82) is 0 Å². The molecule has 0 radical (unpaired) electrons. The molecular weight excluding hydrogens is 254 g/mol. The first-order chi connectivity index (χ1) is 8.33. The van der Waals surface area contributed by atoms with Gasteiger partial charge in [0.2, 0.25) is 10.0 Å². The summed E-state index contributed by atoms with van der Waals surface area (Å²) in [7, 11) is -2.06. The normalized spacial score (nSPS) is 11.7. The quantitative estimate of drug-likeness (QED) is 0.844. The number of aryl methyl sites for hydroxylation is 1. The number of hydrogen-bond donors (Lipinski definition) is 1. The van der Waals surface area contributed by atoms with Crippen LogP contribution in [0.2, 0.25) is 0 Å². The van der Waals surface area contributed by atoms with Crippen molar-refractivity contribution in [3.8, 4) is 0 Å². The van der Waals surface area contributed by atoms with Crippen LogP contribution >= 0.6 is 0 Å². The minimum Gasteiger partial charge on any atom is -0.481 e. The van der Waals surface area contributed by atoms with Gasteiger partial charge in [-0.3, -0.25) is 4.79 Å². The van der Waals surface area contributed by atoms with Gasteiger partial charge in [0, 0.05) is 13.6 Å². The minimum atomic E-state index is -3.52. The van der Waals surface area contributed by atoms with Gasteiger partial charge in [-0.2, -0.15) is 0 Å². The minimum absolute atomic E-state index is 0.259. The Morgan fingerprint density at radius 3 is 2.50 bits per heavy atom.